The van der Waals surface area contributed by atoms with Crippen molar-refractivity contribution in [2.24, 2.45) is 5.92 Å². The van der Waals surface area contributed by atoms with Gasteiger partial charge in [-0.15, -0.1) is 0 Å². The van der Waals surface area contributed by atoms with Gasteiger partial charge in [-0.25, -0.2) is 4.98 Å². The fourth-order valence-corrected chi connectivity index (χ4v) is 3.53. The van der Waals surface area contributed by atoms with E-state index in [2.05, 4.69) is 10.3 Å². The molecule has 4 rings (SSSR count). The molecule has 1 N–H and O–H groups in total. The number of hydrogen-bond donors (Lipinski definition) is 1. The smallest absolute Gasteiger partial charge is 0.227 e. The van der Waals surface area contributed by atoms with Gasteiger partial charge >= 0.3 is 0 Å². The zero-order valence-corrected chi connectivity index (χ0v) is 15.6. The number of benzene rings is 2. The highest BCUT2D eigenvalue weighted by molar-refractivity contribution is 6.06. The van der Waals surface area contributed by atoms with E-state index in [1.54, 1.807) is 24.3 Å². The van der Waals surface area contributed by atoms with Gasteiger partial charge in [0, 0.05) is 37.2 Å². The first-order chi connectivity index (χ1) is 13.7. The highest BCUT2D eigenvalue weighted by Crippen LogP contribution is 2.31. The Labute approximate surface area is 163 Å². The van der Waals surface area contributed by atoms with E-state index in [4.69, 9.17) is 4.74 Å². The number of amides is 2. The molecule has 0 bridgehead atoms. The molecular weight excluding hydrogens is 354 g/mol. The van der Waals surface area contributed by atoms with Crippen LogP contribution in [0.2, 0.25) is 0 Å². The van der Waals surface area contributed by atoms with Crippen LogP contribution in [0.4, 0.5) is 5.69 Å². The summed E-state index contributed by atoms with van der Waals surface area (Å²) < 4.78 is 5.03. The van der Waals surface area contributed by atoms with E-state index in [-0.39, 0.29) is 24.2 Å². The molecule has 1 aliphatic heterocycles. The van der Waals surface area contributed by atoms with Crippen molar-refractivity contribution in [3.8, 4) is 5.88 Å². The minimum atomic E-state index is -0.363. The Kier molecular flexibility index (Phi) is 4.93. The van der Waals surface area contributed by atoms with E-state index in [0.29, 0.717) is 19.0 Å². The first kappa shape index (κ1) is 18.0. The molecule has 6 nitrogen and oxygen atoms in total. The summed E-state index contributed by atoms with van der Waals surface area (Å²) in [4.78, 5) is 31.0. The lowest BCUT2D eigenvalue weighted by Gasteiger charge is -2.19. The lowest BCUT2D eigenvalue weighted by molar-refractivity contribution is -0.126. The minimum absolute atomic E-state index is 0.0254. The molecule has 1 unspecified atom stereocenters. The van der Waals surface area contributed by atoms with Crippen LogP contribution in [-0.4, -0.2) is 30.5 Å². The number of anilines is 1. The van der Waals surface area contributed by atoms with Gasteiger partial charge < -0.3 is 15.0 Å². The Morgan fingerprint density at radius 1 is 1.18 bits per heavy atom. The summed E-state index contributed by atoms with van der Waals surface area (Å²) in [6, 6.07) is 17.5. The van der Waals surface area contributed by atoms with Crippen LogP contribution in [-0.2, 0) is 16.1 Å². The van der Waals surface area contributed by atoms with Crippen LogP contribution in [0, 0.1) is 5.92 Å². The number of nitrogens with one attached hydrogen (secondary N) is 1. The molecule has 3 aromatic rings. The predicted molar refractivity (Wildman–Crippen MR) is 107 cm³/mol. The zero-order valence-electron chi connectivity index (χ0n) is 15.6. The summed E-state index contributed by atoms with van der Waals surface area (Å²) in [5.74, 6) is 0.0226. The Morgan fingerprint density at radius 2 is 2.00 bits per heavy atom. The first-order valence-electron chi connectivity index (χ1n) is 9.20. The average molecular weight is 375 g/mol. The third-order valence-electron chi connectivity index (χ3n) is 5.03. The van der Waals surface area contributed by atoms with Gasteiger partial charge in [-0.1, -0.05) is 42.5 Å². The summed E-state index contributed by atoms with van der Waals surface area (Å²) in [5, 5.41) is 5.00. The van der Waals surface area contributed by atoms with Crippen LogP contribution in [0.1, 0.15) is 12.0 Å². The maximum atomic E-state index is 12.6. The molecule has 1 aliphatic rings. The second kappa shape index (κ2) is 7.68. The number of carbonyl (C=O) groups excluding carboxylic acids is 2. The topological polar surface area (TPSA) is 71.5 Å². The first-order valence-corrected chi connectivity index (χ1v) is 9.20. The maximum absolute atomic E-state index is 12.6. The monoisotopic (exact) mass is 375 g/mol. The number of hydrogen-bond acceptors (Lipinski definition) is 4. The SMILES string of the molecule is COc1ccc(CNC(=O)C2CC(=O)N(c3cccc4ccccc34)C2)cn1. The van der Waals surface area contributed by atoms with Crippen molar-refractivity contribution < 1.29 is 14.3 Å². The van der Waals surface area contributed by atoms with Crippen molar-refractivity contribution in [2.45, 2.75) is 13.0 Å². The van der Waals surface area contributed by atoms with Gasteiger partial charge in [-0.05, 0) is 17.0 Å². The van der Waals surface area contributed by atoms with Crippen LogP contribution in [0.5, 0.6) is 5.88 Å². The van der Waals surface area contributed by atoms with E-state index < -0.39 is 0 Å². The van der Waals surface area contributed by atoms with Crippen molar-refractivity contribution in [1.82, 2.24) is 10.3 Å². The Bertz CT molecular complexity index is 1010. The Balaban J connectivity index is 1.44. The van der Waals surface area contributed by atoms with Gasteiger partial charge in [0.25, 0.3) is 0 Å². The summed E-state index contributed by atoms with van der Waals surface area (Å²) in [7, 11) is 1.56. The van der Waals surface area contributed by atoms with Crippen LogP contribution >= 0.6 is 0 Å². The molecule has 1 saturated heterocycles. The molecule has 0 saturated carbocycles. The third kappa shape index (κ3) is 3.53. The van der Waals surface area contributed by atoms with E-state index in [1.165, 1.54) is 0 Å². The summed E-state index contributed by atoms with van der Waals surface area (Å²) in [5.41, 5.74) is 1.74. The normalized spacial score (nSPS) is 16.4. The number of methoxy groups -OCH3 is 1. The van der Waals surface area contributed by atoms with E-state index in [1.807, 2.05) is 48.5 Å². The van der Waals surface area contributed by atoms with Gasteiger partial charge in [0.05, 0.1) is 18.7 Å². The molecule has 0 radical (unpaired) electrons. The van der Waals surface area contributed by atoms with Crippen molar-refractivity contribution >= 4 is 28.3 Å². The average Bonchev–Trinajstić information content (AvgIpc) is 3.13. The van der Waals surface area contributed by atoms with Crippen molar-refractivity contribution in [2.75, 3.05) is 18.6 Å². The third-order valence-corrected chi connectivity index (χ3v) is 5.03. The highest BCUT2D eigenvalue weighted by Gasteiger charge is 2.35. The Morgan fingerprint density at radius 3 is 2.79 bits per heavy atom. The fraction of sp³-hybridized carbons (Fsp3) is 0.227. The summed E-state index contributed by atoms with van der Waals surface area (Å²) in [6.45, 7) is 0.758. The van der Waals surface area contributed by atoms with Crippen LogP contribution < -0.4 is 15.0 Å². The van der Waals surface area contributed by atoms with Gasteiger partial charge in [-0.3, -0.25) is 9.59 Å². The number of pyridine rings is 1. The molecule has 28 heavy (non-hydrogen) atoms. The highest BCUT2D eigenvalue weighted by atomic mass is 16.5. The largest absolute Gasteiger partial charge is 0.481 e. The molecule has 0 spiro atoms. The predicted octanol–water partition coefficient (Wildman–Crippen LogP) is 2.91. The molecular formula is C22H21N3O3. The molecule has 0 aliphatic carbocycles. The lowest BCUT2D eigenvalue weighted by Crippen LogP contribution is -2.32. The van der Waals surface area contributed by atoms with Crippen LogP contribution in [0.15, 0.2) is 60.8 Å². The number of nitrogens with zero attached hydrogens (tertiary/aromatic N) is 2. The molecule has 6 heteroatoms. The fourth-order valence-electron chi connectivity index (χ4n) is 3.53. The molecule has 1 fully saturated rings. The number of ether oxygens (including phenoxy) is 1. The standard InChI is InChI=1S/C22H21N3O3/c1-28-20-10-9-15(12-23-20)13-24-22(27)17-11-21(26)25(14-17)19-8-4-6-16-5-2-3-7-18(16)19/h2-10,12,17H,11,13-14H2,1H3,(H,24,27). The zero-order chi connectivity index (χ0) is 19.5. The summed E-state index contributed by atoms with van der Waals surface area (Å²) >= 11 is 0. The maximum Gasteiger partial charge on any atom is 0.227 e. The van der Waals surface area contributed by atoms with Gasteiger partial charge in [0.15, 0.2) is 0 Å². The lowest BCUT2D eigenvalue weighted by atomic mass is 10.1. The number of carbonyl (C=O) groups is 2. The van der Waals surface area contributed by atoms with Crippen LogP contribution in [0.3, 0.4) is 0 Å². The molecule has 2 heterocycles. The van der Waals surface area contributed by atoms with Crippen LogP contribution in [0.25, 0.3) is 10.8 Å². The van der Waals surface area contributed by atoms with Gasteiger partial charge in [0.1, 0.15) is 0 Å². The number of fused-ring (bicyclic) bond motifs is 1. The number of rotatable bonds is 5. The van der Waals surface area contributed by atoms with E-state index in [0.717, 1.165) is 22.0 Å². The number of aromatic nitrogens is 1. The van der Waals surface area contributed by atoms with Gasteiger partial charge in [0.2, 0.25) is 17.7 Å². The van der Waals surface area contributed by atoms with Crippen molar-refractivity contribution in [3.63, 3.8) is 0 Å². The Hall–Kier alpha value is -3.41. The summed E-state index contributed by atoms with van der Waals surface area (Å²) in [6.07, 6.45) is 1.89. The molecule has 2 aromatic carbocycles. The van der Waals surface area contributed by atoms with E-state index in [9.17, 15) is 9.59 Å². The van der Waals surface area contributed by atoms with Crippen molar-refractivity contribution in [3.05, 3.63) is 66.4 Å². The molecule has 1 atom stereocenters. The minimum Gasteiger partial charge on any atom is -0.481 e. The second-order valence-corrected chi connectivity index (χ2v) is 6.83. The quantitative estimate of drug-likeness (QED) is 0.744. The van der Waals surface area contributed by atoms with Crippen molar-refractivity contribution in [1.29, 1.82) is 0 Å². The molecule has 142 valence electrons. The molecule has 2 amide bonds. The van der Waals surface area contributed by atoms with Gasteiger partial charge in [-0.2, -0.15) is 0 Å². The molecule has 1 aromatic heterocycles. The van der Waals surface area contributed by atoms with E-state index >= 15 is 0 Å². The second-order valence-electron chi connectivity index (χ2n) is 6.83.